The number of ether oxygens (including phenoxy) is 1. The zero-order valence-corrected chi connectivity index (χ0v) is 12.5. The molecule has 0 unspecified atom stereocenters. The second-order valence-electron chi connectivity index (χ2n) is 4.36. The van der Waals surface area contributed by atoms with Gasteiger partial charge in [-0.1, -0.05) is 18.2 Å². The van der Waals surface area contributed by atoms with Crippen molar-refractivity contribution in [2.45, 2.75) is 13.0 Å². The number of rotatable bonds is 5. The fraction of sp³-hybridized carbons (Fsp3) is 0.125. The van der Waals surface area contributed by atoms with Gasteiger partial charge >= 0.3 is 0 Å². The molecule has 0 aliphatic heterocycles. The second-order valence-corrected chi connectivity index (χ2v) is 5.15. The standard InChI is InChI=1S/C16H15BrFNO/c1-2-4-11-9-13(19)7-8-15(11)20-10-12-5-3-6-14(18)16(12)17/h2-3,5-9H,1,4,10,19H2. The fourth-order valence-electron chi connectivity index (χ4n) is 1.87. The van der Waals surface area contributed by atoms with Crippen molar-refractivity contribution >= 4 is 21.6 Å². The SMILES string of the molecule is C=CCc1cc(N)ccc1OCc1cccc(F)c1Br. The van der Waals surface area contributed by atoms with Gasteiger partial charge < -0.3 is 10.5 Å². The first-order valence-corrected chi connectivity index (χ1v) is 6.96. The zero-order valence-electron chi connectivity index (χ0n) is 10.9. The van der Waals surface area contributed by atoms with E-state index in [1.807, 2.05) is 18.2 Å². The predicted molar refractivity (Wildman–Crippen MR) is 83.2 cm³/mol. The molecule has 0 saturated carbocycles. The maximum absolute atomic E-state index is 13.4. The molecule has 0 heterocycles. The molecule has 0 bridgehead atoms. The first-order valence-electron chi connectivity index (χ1n) is 6.17. The van der Waals surface area contributed by atoms with Gasteiger partial charge in [-0.2, -0.15) is 0 Å². The molecular formula is C16H15BrFNO. The summed E-state index contributed by atoms with van der Waals surface area (Å²) in [6.45, 7) is 4.00. The first kappa shape index (κ1) is 14.6. The molecule has 2 nitrogen and oxygen atoms in total. The number of nitrogen functional groups attached to an aromatic ring is 1. The normalized spacial score (nSPS) is 10.3. The van der Waals surface area contributed by atoms with Crippen molar-refractivity contribution < 1.29 is 9.13 Å². The monoisotopic (exact) mass is 335 g/mol. The van der Waals surface area contributed by atoms with E-state index >= 15 is 0 Å². The van der Waals surface area contributed by atoms with Crippen LogP contribution in [0.2, 0.25) is 0 Å². The Labute approximate surface area is 126 Å². The molecule has 104 valence electrons. The third-order valence-electron chi connectivity index (χ3n) is 2.86. The number of allylic oxidation sites excluding steroid dienone is 1. The molecular weight excluding hydrogens is 321 g/mol. The van der Waals surface area contributed by atoms with E-state index in [-0.39, 0.29) is 12.4 Å². The maximum atomic E-state index is 13.4. The Morgan fingerprint density at radius 2 is 2.05 bits per heavy atom. The topological polar surface area (TPSA) is 35.2 Å². The van der Waals surface area contributed by atoms with E-state index < -0.39 is 0 Å². The molecule has 0 saturated heterocycles. The Morgan fingerprint density at radius 3 is 2.80 bits per heavy atom. The number of nitrogens with two attached hydrogens (primary N) is 1. The number of benzene rings is 2. The Balaban J connectivity index is 2.18. The van der Waals surface area contributed by atoms with Gasteiger partial charge in [0.15, 0.2) is 0 Å². The molecule has 20 heavy (non-hydrogen) atoms. The summed E-state index contributed by atoms with van der Waals surface area (Å²) >= 11 is 3.22. The van der Waals surface area contributed by atoms with E-state index in [1.165, 1.54) is 6.07 Å². The van der Waals surface area contributed by atoms with Gasteiger partial charge in [0, 0.05) is 11.3 Å². The van der Waals surface area contributed by atoms with E-state index in [2.05, 4.69) is 22.5 Å². The van der Waals surface area contributed by atoms with E-state index in [0.29, 0.717) is 16.6 Å². The van der Waals surface area contributed by atoms with Crippen LogP contribution in [0.3, 0.4) is 0 Å². The molecule has 2 rings (SSSR count). The van der Waals surface area contributed by atoms with Crippen LogP contribution in [0.15, 0.2) is 53.5 Å². The Kier molecular flexibility index (Phi) is 4.79. The van der Waals surface area contributed by atoms with Gasteiger partial charge in [0.05, 0.1) is 4.47 Å². The highest BCUT2D eigenvalue weighted by atomic mass is 79.9. The Hall–Kier alpha value is -1.81. The number of anilines is 1. The van der Waals surface area contributed by atoms with Crippen molar-refractivity contribution in [1.29, 1.82) is 0 Å². The van der Waals surface area contributed by atoms with Crippen LogP contribution in [0.1, 0.15) is 11.1 Å². The summed E-state index contributed by atoms with van der Waals surface area (Å²) in [6.07, 6.45) is 2.46. The minimum absolute atomic E-state index is 0.284. The number of hydrogen-bond acceptors (Lipinski definition) is 2. The average molecular weight is 336 g/mol. The van der Waals surface area contributed by atoms with E-state index in [0.717, 1.165) is 16.9 Å². The minimum Gasteiger partial charge on any atom is -0.489 e. The summed E-state index contributed by atoms with van der Waals surface area (Å²) < 4.78 is 19.6. The zero-order chi connectivity index (χ0) is 14.5. The molecule has 0 fully saturated rings. The maximum Gasteiger partial charge on any atom is 0.137 e. The van der Waals surface area contributed by atoms with Crippen LogP contribution in [0.4, 0.5) is 10.1 Å². The van der Waals surface area contributed by atoms with Crippen LogP contribution < -0.4 is 10.5 Å². The highest BCUT2D eigenvalue weighted by Gasteiger charge is 2.08. The van der Waals surface area contributed by atoms with Crippen LogP contribution in [0.25, 0.3) is 0 Å². The minimum atomic E-state index is -0.297. The molecule has 0 spiro atoms. The Bertz CT molecular complexity index is 628. The molecule has 4 heteroatoms. The van der Waals surface area contributed by atoms with E-state index in [1.54, 1.807) is 18.2 Å². The lowest BCUT2D eigenvalue weighted by atomic mass is 10.1. The predicted octanol–water partition coefficient (Wildman–Crippen LogP) is 4.48. The smallest absolute Gasteiger partial charge is 0.137 e. The molecule has 0 aliphatic carbocycles. The van der Waals surface area contributed by atoms with Crippen LogP contribution in [0, 0.1) is 5.82 Å². The lowest BCUT2D eigenvalue weighted by Crippen LogP contribution is -2.01. The van der Waals surface area contributed by atoms with Gasteiger partial charge in [-0.3, -0.25) is 0 Å². The third-order valence-corrected chi connectivity index (χ3v) is 3.75. The van der Waals surface area contributed by atoms with Gasteiger partial charge in [0.25, 0.3) is 0 Å². The van der Waals surface area contributed by atoms with Gasteiger partial charge in [0.2, 0.25) is 0 Å². The van der Waals surface area contributed by atoms with Crippen molar-refractivity contribution in [2.24, 2.45) is 0 Å². The fourth-order valence-corrected chi connectivity index (χ4v) is 2.25. The molecule has 0 radical (unpaired) electrons. The molecule has 2 N–H and O–H groups in total. The summed E-state index contributed by atoms with van der Waals surface area (Å²) in [5.41, 5.74) is 8.16. The molecule has 2 aromatic rings. The number of hydrogen-bond donors (Lipinski definition) is 1. The van der Waals surface area contributed by atoms with E-state index in [9.17, 15) is 4.39 Å². The van der Waals surface area contributed by atoms with Gasteiger partial charge in [-0.25, -0.2) is 4.39 Å². The summed E-state index contributed by atoms with van der Waals surface area (Å²) in [7, 11) is 0. The molecule has 0 amide bonds. The molecule has 0 aliphatic rings. The van der Waals surface area contributed by atoms with Crippen molar-refractivity contribution in [2.75, 3.05) is 5.73 Å². The summed E-state index contributed by atoms with van der Waals surface area (Å²) in [6, 6.07) is 10.3. The summed E-state index contributed by atoms with van der Waals surface area (Å²) in [5, 5.41) is 0. The van der Waals surface area contributed by atoms with Crippen molar-refractivity contribution in [3.63, 3.8) is 0 Å². The van der Waals surface area contributed by atoms with Crippen molar-refractivity contribution in [1.82, 2.24) is 0 Å². The Morgan fingerprint density at radius 1 is 1.25 bits per heavy atom. The molecule has 2 aromatic carbocycles. The first-order chi connectivity index (χ1) is 9.61. The van der Waals surface area contributed by atoms with Crippen LogP contribution in [0.5, 0.6) is 5.75 Å². The van der Waals surface area contributed by atoms with Crippen molar-refractivity contribution in [3.8, 4) is 5.75 Å². The lowest BCUT2D eigenvalue weighted by molar-refractivity contribution is 0.302. The van der Waals surface area contributed by atoms with Crippen molar-refractivity contribution in [3.05, 3.63) is 70.5 Å². The van der Waals surface area contributed by atoms with Gasteiger partial charge in [-0.05, 0) is 52.2 Å². The lowest BCUT2D eigenvalue weighted by Gasteiger charge is -2.12. The van der Waals surface area contributed by atoms with Gasteiger partial charge in [-0.15, -0.1) is 6.58 Å². The van der Waals surface area contributed by atoms with Gasteiger partial charge in [0.1, 0.15) is 18.2 Å². The highest BCUT2D eigenvalue weighted by molar-refractivity contribution is 9.10. The summed E-state index contributed by atoms with van der Waals surface area (Å²) in [5.74, 6) is 0.435. The van der Waals surface area contributed by atoms with Crippen LogP contribution in [-0.4, -0.2) is 0 Å². The third kappa shape index (κ3) is 3.39. The average Bonchev–Trinajstić information content (AvgIpc) is 2.42. The largest absolute Gasteiger partial charge is 0.489 e. The molecule has 0 aromatic heterocycles. The van der Waals surface area contributed by atoms with Crippen LogP contribution in [-0.2, 0) is 13.0 Å². The second kappa shape index (κ2) is 6.57. The van der Waals surface area contributed by atoms with E-state index in [4.69, 9.17) is 10.5 Å². The molecule has 0 atom stereocenters. The number of halogens is 2. The van der Waals surface area contributed by atoms with Crippen LogP contribution >= 0.6 is 15.9 Å². The highest BCUT2D eigenvalue weighted by Crippen LogP contribution is 2.26. The summed E-state index contributed by atoms with van der Waals surface area (Å²) in [4.78, 5) is 0. The quantitative estimate of drug-likeness (QED) is 0.645.